The molecule has 11 heteroatoms. The highest BCUT2D eigenvalue weighted by molar-refractivity contribution is 5.85. The maximum Gasteiger partial charge on any atom is 0.415 e. The number of carbonyl (C=O) groups excluding carboxylic acids is 2. The first kappa shape index (κ1) is 28.3. The van der Waals surface area contributed by atoms with Gasteiger partial charge in [0.05, 0.1) is 6.54 Å². The quantitative estimate of drug-likeness (QED) is 0.225. The lowest BCUT2D eigenvalue weighted by Gasteiger charge is -2.16. The zero-order valence-electron chi connectivity index (χ0n) is 24.1. The summed E-state index contributed by atoms with van der Waals surface area (Å²) in [6.45, 7) is 0.266. The number of hydrogen-bond acceptors (Lipinski definition) is 9. The van der Waals surface area contributed by atoms with Gasteiger partial charge in [-0.05, 0) is 70.8 Å². The Morgan fingerprint density at radius 1 is 0.773 bits per heavy atom. The summed E-state index contributed by atoms with van der Waals surface area (Å²) in [6.07, 6.45) is -1.18. The van der Waals surface area contributed by atoms with Crippen molar-refractivity contribution in [2.75, 3.05) is 31.3 Å². The highest BCUT2D eigenvalue weighted by Gasteiger charge is 2.29. The lowest BCUT2D eigenvalue weighted by molar-refractivity contribution is 0.157. The maximum atomic E-state index is 12.6. The van der Waals surface area contributed by atoms with Crippen LogP contribution in [0, 0.1) is 0 Å². The second-order valence-electron chi connectivity index (χ2n) is 10.2. The number of fused-ring (bicyclic) bond motifs is 3. The average molecular weight is 588 g/mol. The lowest BCUT2D eigenvalue weighted by Crippen LogP contribution is -2.30. The maximum absolute atomic E-state index is 12.6. The van der Waals surface area contributed by atoms with Crippen molar-refractivity contribution in [1.82, 2.24) is 25.3 Å². The molecule has 1 heterocycles. The van der Waals surface area contributed by atoms with Gasteiger partial charge in [-0.1, -0.05) is 48.5 Å². The van der Waals surface area contributed by atoms with E-state index in [0.717, 1.165) is 22.4 Å². The summed E-state index contributed by atoms with van der Waals surface area (Å²) in [4.78, 5) is 26.5. The van der Waals surface area contributed by atoms with Gasteiger partial charge in [-0.2, -0.15) is 0 Å². The van der Waals surface area contributed by atoms with Crippen LogP contribution in [0.25, 0.3) is 22.5 Å². The first-order valence-corrected chi connectivity index (χ1v) is 14.0. The van der Waals surface area contributed by atoms with E-state index in [1.807, 2.05) is 55.6 Å². The smallest absolute Gasteiger partial charge is 0.415 e. The van der Waals surface area contributed by atoms with Gasteiger partial charge < -0.3 is 19.7 Å². The Balaban J connectivity index is 0.988. The summed E-state index contributed by atoms with van der Waals surface area (Å²) in [5.74, 6) is 0.922. The minimum atomic E-state index is -0.613. The third-order valence-corrected chi connectivity index (χ3v) is 7.29. The fourth-order valence-corrected chi connectivity index (χ4v) is 5.03. The van der Waals surface area contributed by atoms with Gasteiger partial charge in [-0.25, -0.2) is 9.59 Å². The second-order valence-corrected chi connectivity index (χ2v) is 10.2. The van der Waals surface area contributed by atoms with Crippen molar-refractivity contribution in [3.8, 4) is 28.3 Å². The predicted octanol–water partition coefficient (Wildman–Crippen LogP) is 5.97. The van der Waals surface area contributed by atoms with E-state index in [1.165, 1.54) is 16.0 Å². The highest BCUT2D eigenvalue weighted by atomic mass is 16.6. The molecule has 11 nitrogen and oxygen atoms in total. The fourth-order valence-electron chi connectivity index (χ4n) is 5.03. The molecule has 0 radical (unpaired) electrons. The molecule has 5 aromatic rings. The van der Waals surface area contributed by atoms with Crippen molar-refractivity contribution in [3.05, 3.63) is 114 Å². The molecule has 1 aromatic heterocycles. The van der Waals surface area contributed by atoms with E-state index in [2.05, 4.69) is 55.3 Å². The van der Waals surface area contributed by atoms with Crippen LogP contribution in [0.5, 0.6) is 5.75 Å². The number of nitrogens with one attached hydrogen (secondary N) is 2. The summed E-state index contributed by atoms with van der Waals surface area (Å²) in [7, 11) is 3.40. The van der Waals surface area contributed by atoms with Crippen molar-refractivity contribution in [2.24, 2.45) is 0 Å². The number of benzene rings is 4. The van der Waals surface area contributed by atoms with Crippen LogP contribution in [-0.4, -0.2) is 58.2 Å². The third-order valence-electron chi connectivity index (χ3n) is 7.29. The number of carbonyl (C=O) groups is 2. The van der Waals surface area contributed by atoms with Gasteiger partial charge in [0.1, 0.15) is 12.4 Å². The van der Waals surface area contributed by atoms with Gasteiger partial charge in [0.2, 0.25) is 5.82 Å². The van der Waals surface area contributed by atoms with E-state index < -0.39 is 12.2 Å². The van der Waals surface area contributed by atoms with E-state index in [9.17, 15) is 9.59 Å². The summed E-state index contributed by atoms with van der Waals surface area (Å²) in [6, 6.07) is 30.3. The first-order chi connectivity index (χ1) is 21.5. The summed E-state index contributed by atoms with van der Waals surface area (Å²) < 4.78 is 11.0. The molecule has 6 rings (SSSR count). The summed E-state index contributed by atoms with van der Waals surface area (Å²) in [5.41, 5.74) is 6.86. The molecule has 220 valence electrons. The van der Waals surface area contributed by atoms with Crippen molar-refractivity contribution in [2.45, 2.75) is 12.5 Å². The van der Waals surface area contributed by atoms with E-state index >= 15 is 0 Å². The number of aromatic nitrogens is 4. The summed E-state index contributed by atoms with van der Waals surface area (Å²) in [5, 5.41) is 22.2. The van der Waals surface area contributed by atoms with Gasteiger partial charge >= 0.3 is 12.2 Å². The Morgan fingerprint density at radius 2 is 1.36 bits per heavy atom. The van der Waals surface area contributed by atoms with Gasteiger partial charge in [0.15, 0.2) is 5.82 Å². The van der Waals surface area contributed by atoms with Crippen LogP contribution in [-0.2, 0) is 11.3 Å². The minimum Gasteiger partial charge on any atom is -0.448 e. The second kappa shape index (κ2) is 12.6. The highest BCUT2D eigenvalue weighted by Crippen LogP contribution is 2.44. The molecule has 2 amide bonds. The van der Waals surface area contributed by atoms with Gasteiger partial charge in [0, 0.05) is 37.0 Å². The summed E-state index contributed by atoms with van der Waals surface area (Å²) >= 11 is 0. The van der Waals surface area contributed by atoms with Crippen LogP contribution >= 0.6 is 0 Å². The molecule has 44 heavy (non-hydrogen) atoms. The molecular formula is C33H29N7O4. The minimum absolute atomic E-state index is 0.0301. The standard InChI is InChI=1S/C33H29N7O4/c1-34-22-13-11-21(12-14-22)31-38-36-30(37-39-31)19-40(2)33(42)44-24-17-15-23(16-18-24)35-32(41)43-20-29-27-9-5-3-7-25(27)26-8-4-6-10-28(26)29/h3-18,29,34H,19-20H2,1-2H3,(H,35,41). The molecule has 1 aliphatic carbocycles. The molecule has 1 aliphatic rings. The topological polar surface area (TPSA) is 131 Å². The van der Waals surface area contributed by atoms with Gasteiger partial charge in [-0.3, -0.25) is 5.32 Å². The molecule has 0 saturated carbocycles. The molecule has 4 aromatic carbocycles. The Morgan fingerprint density at radius 3 is 1.98 bits per heavy atom. The van der Waals surface area contributed by atoms with E-state index in [-0.39, 0.29) is 24.9 Å². The number of anilines is 2. The third kappa shape index (κ3) is 6.16. The molecule has 0 fully saturated rings. The number of amides is 2. The average Bonchev–Trinajstić information content (AvgIpc) is 3.38. The number of ether oxygens (including phenoxy) is 2. The molecular weight excluding hydrogens is 558 g/mol. The number of nitrogens with zero attached hydrogens (tertiary/aromatic N) is 5. The van der Waals surface area contributed by atoms with E-state index in [4.69, 9.17) is 9.47 Å². The van der Waals surface area contributed by atoms with E-state index in [0.29, 0.717) is 17.3 Å². The van der Waals surface area contributed by atoms with Gasteiger partial charge in [0.25, 0.3) is 0 Å². The predicted molar refractivity (Wildman–Crippen MR) is 165 cm³/mol. The van der Waals surface area contributed by atoms with Crippen molar-refractivity contribution < 1.29 is 19.1 Å². The Labute approximate surface area is 253 Å². The molecule has 0 atom stereocenters. The normalized spacial score (nSPS) is 11.7. The zero-order valence-corrected chi connectivity index (χ0v) is 24.1. The molecule has 0 spiro atoms. The van der Waals surface area contributed by atoms with Crippen LogP contribution in [0.1, 0.15) is 22.9 Å². The van der Waals surface area contributed by atoms with Crippen molar-refractivity contribution >= 4 is 23.6 Å². The van der Waals surface area contributed by atoms with Crippen molar-refractivity contribution in [3.63, 3.8) is 0 Å². The number of rotatable bonds is 8. The van der Waals surface area contributed by atoms with Crippen LogP contribution in [0.15, 0.2) is 97.1 Å². The van der Waals surface area contributed by atoms with Crippen LogP contribution in [0.3, 0.4) is 0 Å². The van der Waals surface area contributed by atoms with Crippen molar-refractivity contribution in [1.29, 1.82) is 0 Å². The largest absolute Gasteiger partial charge is 0.448 e. The molecule has 0 bridgehead atoms. The lowest BCUT2D eigenvalue weighted by atomic mass is 9.98. The zero-order chi connectivity index (χ0) is 30.5. The first-order valence-electron chi connectivity index (χ1n) is 14.0. The van der Waals surface area contributed by atoms with Crippen LogP contribution in [0.2, 0.25) is 0 Å². The SMILES string of the molecule is CNc1ccc(-c2nnc(CN(C)C(=O)Oc3ccc(NC(=O)OCC4c5ccccc5-c5ccccc54)cc3)nn2)cc1. The van der Waals surface area contributed by atoms with Crippen LogP contribution < -0.4 is 15.4 Å². The Kier molecular flexibility index (Phi) is 8.08. The molecule has 2 N–H and O–H groups in total. The molecule has 0 unspecified atom stereocenters. The van der Waals surface area contributed by atoms with E-state index in [1.54, 1.807) is 31.3 Å². The fraction of sp³-hybridized carbons (Fsp3) is 0.152. The Bertz CT molecular complexity index is 1730. The molecule has 0 saturated heterocycles. The molecule has 0 aliphatic heterocycles. The van der Waals surface area contributed by atoms with Gasteiger partial charge in [-0.15, -0.1) is 20.4 Å². The monoisotopic (exact) mass is 587 g/mol. The Hall–Kier alpha value is -5.84. The van der Waals surface area contributed by atoms with Crippen LogP contribution in [0.4, 0.5) is 21.0 Å². The number of hydrogen-bond donors (Lipinski definition) is 2.